The second-order valence-corrected chi connectivity index (χ2v) is 8.63. The highest BCUT2D eigenvalue weighted by Gasteiger charge is 2.30. The van der Waals surface area contributed by atoms with Crippen molar-refractivity contribution in [3.05, 3.63) is 36.3 Å². The minimum atomic E-state index is -0.616. The first kappa shape index (κ1) is 20.5. The molecule has 3 rings (SSSR count). The average molecular weight is 471 g/mol. The maximum atomic E-state index is 12.6. The third kappa shape index (κ3) is 3.81. The topological polar surface area (TPSA) is 116 Å². The lowest BCUT2D eigenvalue weighted by Crippen LogP contribution is -2.21. The van der Waals surface area contributed by atoms with Gasteiger partial charge in [-0.3, -0.25) is 4.79 Å². The number of fused-ring (bicyclic) bond motifs is 1. The lowest BCUT2D eigenvalue weighted by Gasteiger charge is -2.18. The molecule has 2 aromatic rings. The van der Waals surface area contributed by atoms with Crippen molar-refractivity contribution in [3.8, 4) is 0 Å². The number of hydrogen-bond acceptors (Lipinski definition) is 7. The number of carbonyl (C=O) groups is 2. The van der Waals surface area contributed by atoms with E-state index in [1.54, 1.807) is 6.92 Å². The van der Waals surface area contributed by atoms with Crippen LogP contribution >= 0.6 is 27.3 Å². The summed E-state index contributed by atoms with van der Waals surface area (Å²) in [6.07, 6.45) is 2.60. The van der Waals surface area contributed by atoms with Crippen molar-refractivity contribution in [2.75, 3.05) is 12.4 Å². The van der Waals surface area contributed by atoms with Crippen molar-refractivity contribution in [3.63, 3.8) is 0 Å². The summed E-state index contributed by atoms with van der Waals surface area (Å²) in [6.45, 7) is 3.57. The first-order chi connectivity index (χ1) is 13.2. The zero-order valence-electron chi connectivity index (χ0n) is 15.6. The van der Waals surface area contributed by atoms with E-state index < -0.39 is 16.8 Å². The zero-order valence-corrected chi connectivity index (χ0v) is 18.0. The summed E-state index contributed by atoms with van der Waals surface area (Å²) in [5, 5.41) is 18.1. The van der Waals surface area contributed by atoms with Gasteiger partial charge >= 0.3 is 11.8 Å². The summed E-state index contributed by atoms with van der Waals surface area (Å²) in [7, 11) is 1.31. The summed E-state index contributed by atoms with van der Waals surface area (Å²) in [6, 6.07) is 0. The summed E-state index contributed by atoms with van der Waals surface area (Å²) in [4.78, 5) is 36.3. The van der Waals surface area contributed by atoms with E-state index in [2.05, 4.69) is 33.3 Å². The maximum Gasteiger partial charge on any atom is 0.404 e. The average Bonchev–Trinajstić information content (AvgIpc) is 3.12. The molecule has 0 fully saturated rings. The Balaban J connectivity index is 1.86. The van der Waals surface area contributed by atoms with Crippen molar-refractivity contribution >= 4 is 50.0 Å². The minimum Gasteiger partial charge on any atom is -0.465 e. The highest BCUT2D eigenvalue weighted by Crippen LogP contribution is 2.40. The number of nitrogens with zero attached hydrogens (tertiary/aromatic N) is 3. The number of aromatic nitrogens is 2. The zero-order chi connectivity index (χ0) is 20.6. The van der Waals surface area contributed by atoms with Gasteiger partial charge in [-0.2, -0.15) is 4.68 Å². The first-order valence-corrected chi connectivity index (χ1v) is 10.2. The normalized spacial score (nSPS) is 15.8. The third-order valence-corrected chi connectivity index (χ3v) is 6.84. The van der Waals surface area contributed by atoms with Gasteiger partial charge in [0, 0.05) is 4.88 Å². The van der Waals surface area contributed by atoms with Crippen molar-refractivity contribution < 1.29 is 19.2 Å². The number of halogens is 1. The summed E-state index contributed by atoms with van der Waals surface area (Å²) >= 11 is 4.51. The van der Waals surface area contributed by atoms with E-state index in [0.717, 1.165) is 29.7 Å². The molecule has 2 heterocycles. The Morgan fingerprint density at radius 3 is 2.82 bits per heavy atom. The van der Waals surface area contributed by atoms with Crippen LogP contribution in [-0.4, -0.2) is 33.7 Å². The van der Waals surface area contributed by atoms with Crippen molar-refractivity contribution in [2.45, 2.75) is 39.7 Å². The molecule has 0 saturated carbocycles. The number of ether oxygens (including phenoxy) is 1. The molecule has 11 heteroatoms. The molecule has 1 amide bonds. The monoisotopic (exact) mass is 470 g/mol. The van der Waals surface area contributed by atoms with Gasteiger partial charge in [0.25, 0.3) is 0 Å². The van der Waals surface area contributed by atoms with Crippen LogP contribution in [0.1, 0.15) is 39.8 Å². The molecule has 0 bridgehead atoms. The molecule has 1 aliphatic rings. The molecule has 0 aromatic carbocycles. The molecule has 0 spiro atoms. The fraction of sp³-hybridized carbons (Fsp3) is 0.471. The quantitative estimate of drug-likeness (QED) is 0.406. The van der Waals surface area contributed by atoms with Crippen LogP contribution in [0.4, 0.5) is 10.8 Å². The van der Waals surface area contributed by atoms with Gasteiger partial charge in [-0.15, -0.1) is 11.3 Å². The number of amides is 1. The van der Waals surface area contributed by atoms with Gasteiger partial charge in [-0.25, -0.2) is 4.79 Å². The second kappa shape index (κ2) is 8.00. The van der Waals surface area contributed by atoms with E-state index in [9.17, 15) is 19.7 Å². The van der Waals surface area contributed by atoms with Crippen LogP contribution in [-0.2, 0) is 28.9 Å². The lowest BCUT2D eigenvalue weighted by atomic mass is 9.88. The van der Waals surface area contributed by atoms with E-state index in [1.165, 1.54) is 23.1 Å². The van der Waals surface area contributed by atoms with Gasteiger partial charge < -0.3 is 20.2 Å². The highest BCUT2D eigenvalue weighted by molar-refractivity contribution is 9.10. The Bertz CT molecular complexity index is 967. The number of esters is 1. The van der Waals surface area contributed by atoms with Crippen LogP contribution < -0.4 is 5.32 Å². The van der Waals surface area contributed by atoms with Crippen LogP contribution in [0.15, 0.2) is 4.47 Å². The molecule has 1 N–H and O–H groups in total. The molecule has 1 aliphatic carbocycles. The Morgan fingerprint density at radius 2 is 2.21 bits per heavy atom. The maximum absolute atomic E-state index is 12.6. The number of carbonyl (C=O) groups excluding carboxylic acids is 2. The van der Waals surface area contributed by atoms with Gasteiger partial charge in [0.05, 0.1) is 23.5 Å². The number of thiophene rings is 1. The number of rotatable bonds is 5. The molecule has 0 saturated heterocycles. The standard InChI is InChI=1S/C17H19BrN4O5S/c1-8-4-5-10-11(6-8)28-16(13(10)17(24)27-3)19-12(23)7-21-9(2)14(18)15(20-21)22(25)26/h8H,4-7H2,1-3H3,(H,19,23)/t8-/m1/s1. The Kier molecular flexibility index (Phi) is 5.84. The van der Waals surface area contributed by atoms with E-state index in [0.29, 0.717) is 22.2 Å². The summed E-state index contributed by atoms with van der Waals surface area (Å²) in [5.74, 6) is -0.730. The van der Waals surface area contributed by atoms with Crippen LogP contribution in [0.2, 0.25) is 0 Å². The van der Waals surface area contributed by atoms with Gasteiger partial charge in [0.15, 0.2) is 0 Å². The SMILES string of the molecule is COC(=O)c1c(NC(=O)Cn2nc([N+](=O)[O-])c(Br)c2C)sc2c1CC[C@@H](C)C2. The molecule has 0 aliphatic heterocycles. The van der Waals surface area contributed by atoms with E-state index >= 15 is 0 Å². The first-order valence-electron chi connectivity index (χ1n) is 8.62. The molecule has 1 atom stereocenters. The van der Waals surface area contributed by atoms with Crippen molar-refractivity contribution in [1.82, 2.24) is 9.78 Å². The van der Waals surface area contributed by atoms with Gasteiger partial charge in [-0.1, -0.05) is 6.92 Å². The number of nitrogens with one attached hydrogen (secondary N) is 1. The van der Waals surface area contributed by atoms with Crippen LogP contribution in [0.25, 0.3) is 0 Å². The molecule has 28 heavy (non-hydrogen) atoms. The predicted octanol–water partition coefficient (Wildman–Crippen LogP) is 3.47. The summed E-state index contributed by atoms with van der Waals surface area (Å²) in [5.41, 5.74) is 1.82. The number of nitro groups is 1. The minimum absolute atomic E-state index is 0.210. The number of methoxy groups -OCH3 is 1. The smallest absolute Gasteiger partial charge is 0.404 e. The second-order valence-electron chi connectivity index (χ2n) is 6.73. The Morgan fingerprint density at radius 1 is 1.50 bits per heavy atom. The van der Waals surface area contributed by atoms with Crippen LogP contribution in [0, 0.1) is 23.0 Å². The highest BCUT2D eigenvalue weighted by atomic mass is 79.9. The molecule has 0 unspecified atom stereocenters. The Labute approximate surface area is 173 Å². The Hall–Kier alpha value is -2.27. The van der Waals surface area contributed by atoms with Gasteiger partial charge in [0.1, 0.15) is 16.0 Å². The molecule has 150 valence electrons. The molecule has 0 radical (unpaired) electrons. The third-order valence-electron chi connectivity index (χ3n) is 4.74. The lowest BCUT2D eigenvalue weighted by molar-refractivity contribution is -0.390. The van der Waals surface area contributed by atoms with Crippen molar-refractivity contribution in [1.29, 1.82) is 0 Å². The van der Waals surface area contributed by atoms with Crippen LogP contribution in [0.3, 0.4) is 0 Å². The van der Waals surface area contributed by atoms with Gasteiger partial charge in [-0.05, 0) is 58.5 Å². The number of anilines is 1. The molecular weight excluding hydrogens is 452 g/mol. The van der Waals surface area contributed by atoms with E-state index in [-0.39, 0.29) is 16.8 Å². The largest absolute Gasteiger partial charge is 0.465 e. The number of hydrogen-bond donors (Lipinski definition) is 1. The van der Waals surface area contributed by atoms with E-state index in [4.69, 9.17) is 4.74 Å². The molecule has 9 nitrogen and oxygen atoms in total. The van der Waals surface area contributed by atoms with Crippen molar-refractivity contribution in [2.24, 2.45) is 5.92 Å². The molecule has 2 aromatic heterocycles. The predicted molar refractivity (Wildman–Crippen MR) is 107 cm³/mol. The fourth-order valence-electron chi connectivity index (χ4n) is 3.24. The fourth-order valence-corrected chi connectivity index (χ4v) is 5.08. The summed E-state index contributed by atoms with van der Waals surface area (Å²) < 4.78 is 6.40. The molecular formula is C17H19BrN4O5S. The van der Waals surface area contributed by atoms with E-state index in [1.807, 2.05) is 0 Å². The van der Waals surface area contributed by atoms with Gasteiger partial charge in [0.2, 0.25) is 5.91 Å². The van der Waals surface area contributed by atoms with Crippen LogP contribution in [0.5, 0.6) is 0 Å².